The van der Waals surface area contributed by atoms with Crippen LogP contribution in [0, 0.1) is 5.92 Å². The summed E-state index contributed by atoms with van der Waals surface area (Å²) < 4.78 is 5.53. The first kappa shape index (κ1) is 18.0. The molecule has 1 aromatic carbocycles. The Morgan fingerprint density at radius 1 is 1.20 bits per heavy atom. The molecule has 1 fully saturated rings. The molecule has 1 amide bonds. The molecule has 1 atom stereocenters. The molecule has 0 spiro atoms. The molecule has 0 saturated carbocycles. The smallest absolute Gasteiger partial charge is 0.265 e. The number of likely N-dealkylation sites (tertiary alicyclic amines) is 1. The maximum absolute atomic E-state index is 12.3. The van der Waals surface area contributed by atoms with Gasteiger partial charge in [-0.1, -0.05) is 44.1 Å². The van der Waals surface area contributed by atoms with Crippen molar-refractivity contribution in [1.29, 1.82) is 0 Å². The molecule has 1 aromatic rings. The second-order valence-electron chi connectivity index (χ2n) is 7.32. The van der Waals surface area contributed by atoms with Crippen molar-refractivity contribution in [1.82, 2.24) is 4.90 Å². The van der Waals surface area contributed by atoms with Crippen LogP contribution in [-0.2, 0) is 4.79 Å². The van der Waals surface area contributed by atoms with Crippen molar-refractivity contribution < 1.29 is 9.53 Å². The summed E-state index contributed by atoms with van der Waals surface area (Å²) in [4.78, 5) is 16.8. The highest BCUT2D eigenvalue weighted by Gasteiger charge is 2.27. The van der Waals surface area contributed by atoms with Crippen molar-refractivity contribution in [2.45, 2.75) is 39.5 Å². The second-order valence-corrected chi connectivity index (χ2v) is 7.32. The summed E-state index contributed by atoms with van der Waals surface area (Å²) in [5, 5.41) is 0. The van der Waals surface area contributed by atoms with E-state index in [1.807, 2.05) is 29.2 Å². The zero-order valence-electron chi connectivity index (χ0n) is 15.5. The maximum atomic E-state index is 12.3. The summed E-state index contributed by atoms with van der Waals surface area (Å²) >= 11 is 0. The van der Waals surface area contributed by atoms with E-state index in [2.05, 4.69) is 24.8 Å². The van der Waals surface area contributed by atoms with E-state index in [9.17, 15) is 4.79 Å². The third-order valence-electron chi connectivity index (χ3n) is 5.09. The second kappa shape index (κ2) is 8.52. The third kappa shape index (κ3) is 4.63. The number of unbranched alkanes of at least 4 members (excludes halogenated alkanes) is 1. The van der Waals surface area contributed by atoms with Crippen molar-refractivity contribution >= 4 is 11.6 Å². The zero-order valence-corrected chi connectivity index (χ0v) is 15.5. The summed E-state index contributed by atoms with van der Waals surface area (Å²) in [6.07, 6.45) is 7.28. The van der Waals surface area contributed by atoms with Crippen LogP contribution in [-0.4, -0.2) is 43.6 Å². The largest absolute Gasteiger partial charge is 0.482 e. The minimum atomic E-state index is 0.0639. The Labute approximate surface area is 151 Å². The third-order valence-corrected chi connectivity index (χ3v) is 5.09. The average molecular weight is 342 g/mol. The van der Waals surface area contributed by atoms with E-state index in [1.165, 1.54) is 25.7 Å². The predicted octanol–water partition coefficient (Wildman–Crippen LogP) is 3.87. The molecule has 1 saturated heterocycles. The highest BCUT2D eigenvalue weighted by atomic mass is 16.5. The van der Waals surface area contributed by atoms with E-state index in [0.29, 0.717) is 5.92 Å². The van der Waals surface area contributed by atoms with Gasteiger partial charge in [-0.2, -0.15) is 0 Å². The number of piperidine rings is 1. The summed E-state index contributed by atoms with van der Waals surface area (Å²) in [7, 11) is 0. The Kier molecular flexibility index (Phi) is 6.14. The van der Waals surface area contributed by atoms with E-state index >= 15 is 0 Å². The Morgan fingerprint density at radius 2 is 1.96 bits per heavy atom. The lowest BCUT2D eigenvalue weighted by Gasteiger charge is -2.34. The average Bonchev–Trinajstić information content (AvgIpc) is 2.63. The number of fused-ring (bicyclic) bond motifs is 1. The van der Waals surface area contributed by atoms with E-state index in [4.69, 9.17) is 4.74 Å². The van der Waals surface area contributed by atoms with Gasteiger partial charge in [0, 0.05) is 26.2 Å². The number of amides is 1. The first-order valence-electron chi connectivity index (χ1n) is 9.59. The highest BCUT2D eigenvalue weighted by Crippen LogP contribution is 2.32. The Morgan fingerprint density at radius 3 is 2.72 bits per heavy atom. The van der Waals surface area contributed by atoms with Crippen molar-refractivity contribution in [2.24, 2.45) is 5.92 Å². The molecule has 2 aliphatic heterocycles. The number of carbonyl (C=O) groups excluding carboxylic acids is 1. The lowest BCUT2D eigenvalue weighted by Crippen LogP contribution is -2.44. The number of para-hydroxylation sites is 2. The molecule has 0 radical (unpaired) electrons. The van der Waals surface area contributed by atoms with Gasteiger partial charge in [0.05, 0.1) is 5.69 Å². The summed E-state index contributed by atoms with van der Waals surface area (Å²) in [5.41, 5.74) is 2.54. The fourth-order valence-electron chi connectivity index (χ4n) is 3.74. The van der Waals surface area contributed by atoms with Gasteiger partial charge < -0.3 is 14.5 Å². The quantitative estimate of drug-likeness (QED) is 0.736. The molecule has 0 bridgehead atoms. The lowest BCUT2D eigenvalue weighted by molar-refractivity contribution is -0.121. The number of nitrogens with zero attached hydrogens (tertiary/aromatic N) is 2. The van der Waals surface area contributed by atoms with Gasteiger partial charge in [-0.3, -0.25) is 4.79 Å². The number of benzene rings is 1. The van der Waals surface area contributed by atoms with Crippen LogP contribution in [0.5, 0.6) is 5.75 Å². The minimum absolute atomic E-state index is 0.0639. The summed E-state index contributed by atoms with van der Waals surface area (Å²) in [6, 6.07) is 7.83. The number of anilines is 1. The van der Waals surface area contributed by atoms with Gasteiger partial charge in [-0.25, -0.2) is 0 Å². The van der Waals surface area contributed by atoms with E-state index in [1.54, 1.807) is 5.57 Å². The van der Waals surface area contributed by atoms with Gasteiger partial charge in [0.15, 0.2) is 6.61 Å². The molecule has 0 unspecified atom stereocenters. The first-order chi connectivity index (χ1) is 12.2. The Hall–Kier alpha value is -1.81. The monoisotopic (exact) mass is 342 g/mol. The molecule has 4 nitrogen and oxygen atoms in total. The fraction of sp³-hybridized carbons (Fsp3) is 0.571. The Bertz CT molecular complexity index is 616. The maximum Gasteiger partial charge on any atom is 0.265 e. The van der Waals surface area contributed by atoms with Crippen LogP contribution in [0.4, 0.5) is 5.69 Å². The van der Waals surface area contributed by atoms with Gasteiger partial charge in [-0.15, -0.1) is 0 Å². The van der Waals surface area contributed by atoms with Gasteiger partial charge in [-0.05, 0) is 37.3 Å². The fourth-order valence-corrected chi connectivity index (χ4v) is 3.74. The van der Waals surface area contributed by atoms with Crippen LogP contribution >= 0.6 is 0 Å². The van der Waals surface area contributed by atoms with Crippen LogP contribution in [0.3, 0.4) is 0 Å². The van der Waals surface area contributed by atoms with E-state index in [-0.39, 0.29) is 12.5 Å². The molecule has 136 valence electrons. The van der Waals surface area contributed by atoms with Crippen molar-refractivity contribution in [2.75, 3.05) is 37.7 Å². The molecule has 0 aliphatic carbocycles. The lowest BCUT2D eigenvalue weighted by atomic mass is 10.0. The molecule has 25 heavy (non-hydrogen) atoms. The summed E-state index contributed by atoms with van der Waals surface area (Å²) in [6.45, 7) is 8.73. The SMILES string of the molecule is CCCC=C1CCN(C[C@@H](C)CN2C(=O)COc3ccccc32)CC1. The number of rotatable bonds is 6. The first-order valence-corrected chi connectivity index (χ1v) is 9.59. The molecule has 4 heteroatoms. The summed E-state index contributed by atoms with van der Waals surface area (Å²) in [5.74, 6) is 1.32. The standard InChI is InChI=1S/C21H30N2O2/c1-3-4-7-18-10-12-22(13-11-18)14-17(2)15-23-19-8-5-6-9-20(19)25-16-21(23)24/h5-9,17H,3-4,10-16H2,1-2H3/t17-/m1/s1. The van der Waals surface area contributed by atoms with Crippen molar-refractivity contribution in [3.8, 4) is 5.75 Å². The van der Waals surface area contributed by atoms with Crippen LogP contribution in [0.1, 0.15) is 39.5 Å². The molecular formula is C21H30N2O2. The highest BCUT2D eigenvalue weighted by molar-refractivity contribution is 5.97. The van der Waals surface area contributed by atoms with Crippen LogP contribution in [0.25, 0.3) is 0 Å². The number of hydrogen-bond donors (Lipinski definition) is 0. The van der Waals surface area contributed by atoms with Gasteiger partial charge in [0.1, 0.15) is 5.75 Å². The molecule has 0 aromatic heterocycles. The minimum Gasteiger partial charge on any atom is -0.482 e. The van der Waals surface area contributed by atoms with Crippen LogP contribution < -0.4 is 9.64 Å². The number of carbonyl (C=O) groups is 1. The topological polar surface area (TPSA) is 32.8 Å². The number of hydrogen-bond acceptors (Lipinski definition) is 3. The van der Waals surface area contributed by atoms with Crippen LogP contribution in [0.2, 0.25) is 0 Å². The molecule has 2 heterocycles. The molecular weight excluding hydrogens is 312 g/mol. The zero-order chi connectivity index (χ0) is 17.6. The molecule has 3 rings (SSSR count). The van der Waals surface area contributed by atoms with Gasteiger partial charge in [0.2, 0.25) is 0 Å². The molecule has 0 N–H and O–H groups in total. The number of ether oxygens (including phenoxy) is 1. The van der Waals surface area contributed by atoms with E-state index in [0.717, 1.165) is 37.6 Å². The Balaban J connectivity index is 1.53. The predicted molar refractivity (Wildman–Crippen MR) is 102 cm³/mol. The van der Waals surface area contributed by atoms with Gasteiger partial charge >= 0.3 is 0 Å². The van der Waals surface area contributed by atoms with Crippen molar-refractivity contribution in [3.05, 3.63) is 35.9 Å². The van der Waals surface area contributed by atoms with Crippen molar-refractivity contribution in [3.63, 3.8) is 0 Å². The van der Waals surface area contributed by atoms with E-state index < -0.39 is 0 Å². The van der Waals surface area contributed by atoms with Crippen LogP contribution in [0.15, 0.2) is 35.9 Å². The number of allylic oxidation sites excluding steroid dienone is 1. The van der Waals surface area contributed by atoms with Gasteiger partial charge in [0.25, 0.3) is 5.91 Å². The normalized spacial score (nSPS) is 19.4. The molecule has 2 aliphatic rings.